The number of benzene rings is 9. The maximum Gasteiger partial charge on any atom is 0.0448 e. The summed E-state index contributed by atoms with van der Waals surface area (Å²) in [7, 11) is 0. The van der Waals surface area contributed by atoms with Crippen LogP contribution in [0.5, 0.6) is 0 Å². The van der Waals surface area contributed by atoms with Gasteiger partial charge in [-0.1, -0.05) is 146 Å². The molecule has 0 amide bonds. The van der Waals surface area contributed by atoms with Gasteiger partial charge in [-0.2, -0.15) is 0 Å². The van der Waals surface area contributed by atoms with E-state index in [-0.39, 0.29) is 0 Å². The van der Waals surface area contributed by atoms with Crippen molar-refractivity contribution in [2.45, 2.75) is 0 Å². The Labute approximate surface area is 297 Å². The highest BCUT2D eigenvalue weighted by atomic mass is 32.1. The van der Waals surface area contributed by atoms with Crippen LogP contribution in [0, 0.1) is 0 Å². The highest BCUT2D eigenvalue weighted by Crippen LogP contribution is 2.50. The van der Waals surface area contributed by atoms with Crippen LogP contribution < -0.4 is 0 Å². The zero-order valence-corrected chi connectivity index (χ0v) is 28.6. The molecule has 0 radical (unpaired) electrons. The van der Waals surface area contributed by atoms with E-state index in [1.54, 1.807) is 0 Å². The minimum Gasteiger partial charge on any atom is -0.134 e. The fourth-order valence-electron chi connectivity index (χ4n) is 8.30. The molecule has 0 aliphatic carbocycles. The van der Waals surface area contributed by atoms with Gasteiger partial charge in [0.1, 0.15) is 0 Å². The van der Waals surface area contributed by atoms with Crippen LogP contribution in [-0.2, 0) is 0 Å². The van der Waals surface area contributed by atoms with E-state index >= 15 is 0 Å². The minimum atomic E-state index is 1.24. The molecule has 0 nitrogen and oxygen atoms in total. The lowest BCUT2D eigenvalue weighted by atomic mass is 9.84. The largest absolute Gasteiger partial charge is 0.134 e. The van der Waals surface area contributed by atoms with Crippen molar-refractivity contribution in [3.63, 3.8) is 0 Å². The van der Waals surface area contributed by atoms with Gasteiger partial charge in [0.25, 0.3) is 0 Å². The summed E-state index contributed by atoms with van der Waals surface area (Å²) < 4.78 is 5.40. The SMILES string of the molecule is c1cc(-c2c3ccccc3c(-c3cccc4ccccc34)c3ccccc23)cc(-c2c3sc4ccccc4c3cc3c2sc2ccccc23)c1. The van der Waals surface area contributed by atoms with Gasteiger partial charge in [0.15, 0.2) is 0 Å². The third kappa shape index (κ3) is 4.04. The first-order chi connectivity index (χ1) is 24.8. The van der Waals surface area contributed by atoms with Crippen molar-refractivity contribution in [3.05, 3.63) is 170 Å². The van der Waals surface area contributed by atoms with E-state index in [1.165, 1.54) is 106 Å². The molecule has 0 N–H and O–H groups in total. The Balaban J connectivity index is 1.23. The van der Waals surface area contributed by atoms with E-state index in [0.29, 0.717) is 0 Å². The molecular formula is C48H28S2. The van der Waals surface area contributed by atoms with Crippen LogP contribution in [0.3, 0.4) is 0 Å². The van der Waals surface area contributed by atoms with E-state index < -0.39 is 0 Å². The van der Waals surface area contributed by atoms with Gasteiger partial charge in [-0.05, 0) is 84.4 Å². The normalized spacial score (nSPS) is 12.0. The Hall–Kier alpha value is -5.80. The van der Waals surface area contributed by atoms with E-state index in [0.717, 1.165) is 0 Å². The van der Waals surface area contributed by atoms with Crippen LogP contribution in [-0.4, -0.2) is 0 Å². The molecule has 2 aromatic heterocycles. The van der Waals surface area contributed by atoms with Crippen LogP contribution in [0.25, 0.3) is 106 Å². The molecule has 0 saturated heterocycles. The molecule has 0 saturated carbocycles. The molecule has 0 spiro atoms. The van der Waals surface area contributed by atoms with Gasteiger partial charge in [-0.15, -0.1) is 22.7 Å². The van der Waals surface area contributed by atoms with Gasteiger partial charge in [-0.25, -0.2) is 0 Å². The Morgan fingerprint density at radius 2 is 0.720 bits per heavy atom. The van der Waals surface area contributed by atoms with E-state index in [9.17, 15) is 0 Å². The second kappa shape index (κ2) is 10.9. The summed E-state index contributed by atoms with van der Waals surface area (Å²) in [5.41, 5.74) is 7.73. The number of hydrogen-bond donors (Lipinski definition) is 0. The van der Waals surface area contributed by atoms with Crippen molar-refractivity contribution in [1.29, 1.82) is 0 Å². The summed E-state index contributed by atoms with van der Waals surface area (Å²) in [5.74, 6) is 0. The predicted molar refractivity (Wildman–Crippen MR) is 221 cm³/mol. The monoisotopic (exact) mass is 668 g/mol. The molecule has 11 aromatic rings. The summed E-state index contributed by atoms with van der Waals surface area (Å²) in [6.45, 7) is 0. The van der Waals surface area contributed by atoms with Crippen molar-refractivity contribution in [2.24, 2.45) is 0 Å². The van der Waals surface area contributed by atoms with Crippen LogP contribution >= 0.6 is 22.7 Å². The Bertz CT molecular complexity index is 3010. The molecule has 0 bridgehead atoms. The summed E-state index contributed by atoms with van der Waals surface area (Å²) in [6, 6.07) is 63.0. The maximum atomic E-state index is 2.45. The Morgan fingerprint density at radius 3 is 1.32 bits per heavy atom. The standard InChI is InChI=1S/C48H28S2/c1-2-17-32-29(13-1)14-12-24-35(32)46-38-22-5-3-20-36(38)44(37-21-4-6-23-39(37)46)30-15-11-16-31(27-30)45-47-40(33-18-7-9-25-42(33)49-47)28-41-34-19-8-10-26-43(34)50-48(41)45/h1-28H. The first-order valence-electron chi connectivity index (χ1n) is 17.1. The lowest BCUT2D eigenvalue weighted by Crippen LogP contribution is -1.92. The van der Waals surface area contributed by atoms with E-state index in [2.05, 4.69) is 170 Å². The summed E-state index contributed by atoms with van der Waals surface area (Å²) in [6.07, 6.45) is 0. The summed E-state index contributed by atoms with van der Waals surface area (Å²) in [5, 5.41) is 13.0. The van der Waals surface area contributed by atoms with Crippen LogP contribution in [0.2, 0.25) is 0 Å². The first kappa shape index (κ1) is 28.1. The zero-order chi connectivity index (χ0) is 32.8. The molecule has 0 aliphatic rings. The highest BCUT2D eigenvalue weighted by molar-refractivity contribution is 7.29. The fraction of sp³-hybridized carbons (Fsp3) is 0. The van der Waals surface area contributed by atoms with Gasteiger partial charge in [0.05, 0.1) is 0 Å². The topological polar surface area (TPSA) is 0 Å². The average molecular weight is 669 g/mol. The third-order valence-corrected chi connectivity index (χ3v) is 12.8. The summed E-state index contributed by atoms with van der Waals surface area (Å²) >= 11 is 3.84. The third-order valence-electron chi connectivity index (χ3n) is 10.4. The molecule has 0 atom stereocenters. The number of rotatable bonds is 3. The second-order valence-corrected chi connectivity index (χ2v) is 15.3. The molecule has 2 heterocycles. The average Bonchev–Trinajstić information content (AvgIpc) is 3.74. The number of thiophene rings is 2. The van der Waals surface area contributed by atoms with Crippen LogP contribution in [0.4, 0.5) is 0 Å². The molecular weight excluding hydrogens is 641 g/mol. The van der Waals surface area contributed by atoms with Gasteiger partial charge < -0.3 is 0 Å². The molecule has 0 fully saturated rings. The fourth-order valence-corrected chi connectivity index (χ4v) is 10.9. The number of hydrogen-bond acceptors (Lipinski definition) is 2. The molecule has 9 aromatic carbocycles. The lowest BCUT2D eigenvalue weighted by molar-refractivity contribution is 1.66. The minimum absolute atomic E-state index is 1.24. The number of fused-ring (bicyclic) bond motifs is 9. The lowest BCUT2D eigenvalue weighted by Gasteiger charge is -2.19. The first-order valence-corrected chi connectivity index (χ1v) is 18.7. The van der Waals surface area contributed by atoms with Crippen molar-refractivity contribution < 1.29 is 0 Å². The highest BCUT2D eigenvalue weighted by Gasteiger charge is 2.21. The smallest absolute Gasteiger partial charge is 0.0448 e. The molecule has 232 valence electrons. The van der Waals surface area contributed by atoms with Crippen molar-refractivity contribution in [2.75, 3.05) is 0 Å². The molecule has 50 heavy (non-hydrogen) atoms. The van der Waals surface area contributed by atoms with Crippen LogP contribution in [0.1, 0.15) is 0 Å². The molecule has 0 unspecified atom stereocenters. The van der Waals surface area contributed by atoms with Gasteiger partial charge >= 0.3 is 0 Å². The van der Waals surface area contributed by atoms with Crippen molar-refractivity contribution in [3.8, 4) is 33.4 Å². The Morgan fingerprint density at radius 1 is 0.280 bits per heavy atom. The quantitative estimate of drug-likeness (QED) is 0.164. The van der Waals surface area contributed by atoms with E-state index in [4.69, 9.17) is 0 Å². The second-order valence-electron chi connectivity index (χ2n) is 13.2. The van der Waals surface area contributed by atoms with Gasteiger partial charge in [0.2, 0.25) is 0 Å². The van der Waals surface area contributed by atoms with Gasteiger partial charge in [0, 0.05) is 45.9 Å². The zero-order valence-electron chi connectivity index (χ0n) is 27.0. The predicted octanol–water partition coefficient (Wildman–Crippen LogP) is 14.9. The van der Waals surface area contributed by atoms with Crippen molar-refractivity contribution in [1.82, 2.24) is 0 Å². The van der Waals surface area contributed by atoms with Gasteiger partial charge in [-0.3, -0.25) is 0 Å². The molecule has 0 aliphatic heterocycles. The van der Waals surface area contributed by atoms with E-state index in [1.807, 2.05) is 22.7 Å². The summed E-state index contributed by atoms with van der Waals surface area (Å²) in [4.78, 5) is 0. The van der Waals surface area contributed by atoms with Crippen molar-refractivity contribution >= 4 is 95.3 Å². The maximum absolute atomic E-state index is 2.45. The molecule has 11 rings (SSSR count). The van der Waals surface area contributed by atoms with Crippen LogP contribution in [0.15, 0.2) is 170 Å². The Kier molecular flexibility index (Phi) is 6.09. The molecule has 2 heteroatoms.